The highest BCUT2D eigenvalue weighted by Gasteiger charge is 2.35. The largest absolute Gasteiger partial charge is 0.388 e. The fourth-order valence-electron chi connectivity index (χ4n) is 2.80. The quantitative estimate of drug-likeness (QED) is 0.877. The molecule has 1 aliphatic rings. The van der Waals surface area contributed by atoms with Gasteiger partial charge in [-0.15, -0.1) is 0 Å². The summed E-state index contributed by atoms with van der Waals surface area (Å²) < 4.78 is 0. The van der Waals surface area contributed by atoms with E-state index >= 15 is 0 Å². The van der Waals surface area contributed by atoms with Crippen molar-refractivity contribution < 1.29 is 9.90 Å². The van der Waals surface area contributed by atoms with Crippen molar-refractivity contribution in [3.8, 4) is 0 Å². The molecule has 5 nitrogen and oxygen atoms in total. The molecule has 0 saturated carbocycles. The van der Waals surface area contributed by atoms with Gasteiger partial charge in [0.25, 0.3) is 0 Å². The molecule has 1 saturated heterocycles. The molecule has 2 heterocycles. The van der Waals surface area contributed by atoms with E-state index < -0.39 is 5.60 Å². The van der Waals surface area contributed by atoms with Crippen molar-refractivity contribution >= 4 is 5.91 Å². The first kappa shape index (κ1) is 15.9. The van der Waals surface area contributed by atoms with Gasteiger partial charge in [0, 0.05) is 45.5 Å². The number of amides is 1. The minimum atomic E-state index is -0.885. The van der Waals surface area contributed by atoms with E-state index in [1.165, 1.54) is 0 Å². The average Bonchev–Trinajstić information content (AvgIpc) is 2.46. The molecule has 0 spiro atoms. The summed E-state index contributed by atoms with van der Waals surface area (Å²) >= 11 is 0. The maximum absolute atomic E-state index is 11.8. The van der Waals surface area contributed by atoms with E-state index in [2.05, 4.69) is 9.88 Å². The zero-order chi connectivity index (χ0) is 15.3. The van der Waals surface area contributed by atoms with Crippen molar-refractivity contribution in [3.05, 3.63) is 30.1 Å². The van der Waals surface area contributed by atoms with E-state index in [1.54, 1.807) is 25.2 Å². The molecule has 5 heteroatoms. The summed E-state index contributed by atoms with van der Waals surface area (Å²) in [4.78, 5) is 19.9. The number of likely N-dealkylation sites (tertiary alicyclic amines) is 1. The minimum absolute atomic E-state index is 0.0101. The van der Waals surface area contributed by atoms with Crippen LogP contribution in [-0.4, -0.2) is 65.1 Å². The second kappa shape index (κ2) is 7.00. The molecule has 1 unspecified atom stereocenters. The van der Waals surface area contributed by atoms with Crippen LogP contribution in [0.25, 0.3) is 0 Å². The lowest BCUT2D eigenvalue weighted by atomic mass is 9.89. The minimum Gasteiger partial charge on any atom is -0.388 e. The average molecular weight is 291 g/mol. The maximum Gasteiger partial charge on any atom is 0.224 e. The second-order valence-corrected chi connectivity index (χ2v) is 6.14. The Balaban J connectivity index is 1.86. The van der Waals surface area contributed by atoms with Gasteiger partial charge in [-0.2, -0.15) is 0 Å². The van der Waals surface area contributed by atoms with Gasteiger partial charge in [0.2, 0.25) is 5.91 Å². The zero-order valence-corrected chi connectivity index (χ0v) is 13.0. The summed E-state index contributed by atoms with van der Waals surface area (Å²) in [6, 6.07) is 5.92. The number of pyridine rings is 1. The number of hydrogen-bond donors (Lipinski definition) is 1. The highest BCUT2D eigenvalue weighted by Crippen LogP contribution is 2.25. The van der Waals surface area contributed by atoms with Gasteiger partial charge in [0.1, 0.15) is 0 Å². The van der Waals surface area contributed by atoms with Crippen molar-refractivity contribution in [1.82, 2.24) is 14.8 Å². The number of carbonyl (C=O) groups excluding carboxylic acids is 1. The lowest BCUT2D eigenvalue weighted by Gasteiger charge is -2.39. The highest BCUT2D eigenvalue weighted by atomic mass is 16.3. The third kappa shape index (κ3) is 4.79. The number of piperidine rings is 1. The fourth-order valence-corrected chi connectivity index (χ4v) is 2.80. The van der Waals surface area contributed by atoms with E-state index in [1.807, 2.05) is 18.2 Å². The van der Waals surface area contributed by atoms with Crippen molar-refractivity contribution in [1.29, 1.82) is 0 Å². The summed E-state index contributed by atoms with van der Waals surface area (Å²) in [6.07, 6.45) is 4.52. The van der Waals surface area contributed by atoms with E-state index in [0.717, 1.165) is 31.6 Å². The molecule has 2 rings (SSSR count). The second-order valence-electron chi connectivity index (χ2n) is 6.14. The van der Waals surface area contributed by atoms with Crippen LogP contribution >= 0.6 is 0 Å². The van der Waals surface area contributed by atoms with Crippen molar-refractivity contribution in [2.45, 2.75) is 31.3 Å². The lowest BCUT2D eigenvalue weighted by molar-refractivity contribution is -0.136. The first-order valence-electron chi connectivity index (χ1n) is 7.53. The molecule has 0 radical (unpaired) electrons. The zero-order valence-electron chi connectivity index (χ0n) is 13.0. The molecule has 0 aromatic carbocycles. The number of aromatic nitrogens is 1. The number of nitrogens with zero attached hydrogens (tertiary/aromatic N) is 3. The molecule has 116 valence electrons. The third-order valence-corrected chi connectivity index (χ3v) is 4.02. The first-order chi connectivity index (χ1) is 9.98. The standard InChI is InChI=1S/C16H25N3O2/c1-18(2)15(20)12-16(21)8-5-10-19(13-16)11-7-14-6-3-4-9-17-14/h3-4,6,9,21H,5,7-8,10-13H2,1-2H3. The highest BCUT2D eigenvalue weighted by molar-refractivity contribution is 5.76. The van der Waals surface area contributed by atoms with E-state index in [-0.39, 0.29) is 12.3 Å². The molecule has 0 aliphatic carbocycles. The van der Waals surface area contributed by atoms with Gasteiger partial charge < -0.3 is 14.9 Å². The van der Waals surface area contributed by atoms with Gasteiger partial charge in [-0.05, 0) is 31.5 Å². The van der Waals surface area contributed by atoms with E-state index in [0.29, 0.717) is 13.0 Å². The molecule has 1 aliphatic heterocycles. The number of hydrogen-bond acceptors (Lipinski definition) is 4. The predicted octanol–water partition coefficient (Wildman–Crippen LogP) is 0.929. The van der Waals surface area contributed by atoms with E-state index in [4.69, 9.17) is 0 Å². The molecule has 1 fully saturated rings. The molecule has 1 N–H and O–H groups in total. The van der Waals surface area contributed by atoms with Gasteiger partial charge in [0.05, 0.1) is 12.0 Å². The van der Waals surface area contributed by atoms with Gasteiger partial charge in [-0.25, -0.2) is 0 Å². The van der Waals surface area contributed by atoms with Crippen LogP contribution < -0.4 is 0 Å². The fraction of sp³-hybridized carbons (Fsp3) is 0.625. The van der Waals surface area contributed by atoms with Crippen LogP contribution in [0.4, 0.5) is 0 Å². The summed E-state index contributed by atoms with van der Waals surface area (Å²) in [5.74, 6) is -0.0101. The molecule has 1 amide bonds. The Kier molecular flexibility index (Phi) is 5.31. The van der Waals surface area contributed by atoms with Crippen molar-refractivity contribution in [3.63, 3.8) is 0 Å². The topological polar surface area (TPSA) is 56.7 Å². The normalized spacial score (nSPS) is 23.0. The Bertz CT molecular complexity index is 464. The summed E-state index contributed by atoms with van der Waals surface area (Å²) in [5, 5.41) is 10.7. The van der Waals surface area contributed by atoms with Gasteiger partial charge in [-0.1, -0.05) is 6.07 Å². The molecule has 1 aromatic heterocycles. The Morgan fingerprint density at radius 1 is 1.48 bits per heavy atom. The summed E-state index contributed by atoms with van der Waals surface area (Å²) in [6.45, 7) is 2.42. The smallest absolute Gasteiger partial charge is 0.224 e. The lowest BCUT2D eigenvalue weighted by Crippen LogP contribution is -2.50. The SMILES string of the molecule is CN(C)C(=O)CC1(O)CCCN(CCc2ccccn2)C1. The van der Waals surface area contributed by atoms with Gasteiger partial charge >= 0.3 is 0 Å². The Hall–Kier alpha value is -1.46. The van der Waals surface area contributed by atoms with Crippen LogP contribution in [0.5, 0.6) is 0 Å². The van der Waals surface area contributed by atoms with Crippen LogP contribution in [0.15, 0.2) is 24.4 Å². The maximum atomic E-state index is 11.8. The van der Waals surface area contributed by atoms with Crippen LogP contribution in [0.3, 0.4) is 0 Å². The van der Waals surface area contributed by atoms with Gasteiger partial charge in [-0.3, -0.25) is 9.78 Å². The Labute approximate surface area is 126 Å². The van der Waals surface area contributed by atoms with Crippen LogP contribution in [0.1, 0.15) is 25.0 Å². The van der Waals surface area contributed by atoms with Crippen LogP contribution in [-0.2, 0) is 11.2 Å². The van der Waals surface area contributed by atoms with Crippen LogP contribution in [0.2, 0.25) is 0 Å². The van der Waals surface area contributed by atoms with Gasteiger partial charge in [0.15, 0.2) is 0 Å². The third-order valence-electron chi connectivity index (χ3n) is 4.02. The summed E-state index contributed by atoms with van der Waals surface area (Å²) in [5.41, 5.74) is 0.181. The molecule has 1 aromatic rings. The molecular weight excluding hydrogens is 266 g/mol. The Morgan fingerprint density at radius 3 is 2.95 bits per heavy atom. The summed E-state index contributed by atoms with van der Waals surface area (Å²) in [7, 11) is 3.46. The number of aliphatic hydroxyl groups is 1. The van der Waals surface area contributed by atoms with E-state index in [9.17, 15) is 9.90 Å². The number of rotatable bonds is 5. The predicted molar refractivity (Wildman–Crippen MR) is 81.9 cm³/mol. The van der Waals surface area contributed by atoms with Crippen LogP contribution in [0, 0.1) is 0 Å². The first-order valence-corrected chi connectivity index (χ1v) is 7.53. The molecule has 0 bridgehead atoms. The monoisotopic (exact) mass is 291 g/mol. The molecular formula is C16H25N3O2. The number of carbonyl (C=O) groups is 1. The number of β-amino-alcohol motifs (C(OH)–C–C–N with tert-alkyl or cyclic N) is 1. The molecule has 1 atom stereocenters. The molecule has 21 heavy (non-hydrogen) atoms. The van der Waals surface area contributed by atoms with Crippen molar-refractivity contribution in [2.24, 2.45) is 0 Å². The Morgan fingerprint density at radius 2 is 2.29 bits per heavy atom. The van der Waals surface area contributed by atoms with Crippen molar-refractivity contribution in [2.75, 3.05) is 33.7 Å².